The number of para-hydroxylation sites is 2. The van der Waals surface area contributed by atoms with Crippen LogP contribution in [0.1, 0.15) is 50.7 Å². The van der Waals surface area contributed by atoms with Crippen molar-refractivity contribution in [3.8, 4) is 50.9 Å². The minimum atomic E-state index is -5.03. The number of benzene rings is 8. The number of aromatic nitrogens is 1. The van der Waals surface area contributed by atoms with Gasteiger partial charge < -0.3 is 23.0 Å². The van der Waals surface area contributed by atoms with Crippen LogP contribution in [-0.4, -0.2) is 30.5 Å². The van der Waals surface area contributed by atoms with Gasteiger partial charge in [-0.15, -0.1) is 11.6 Å². The Morgan fingerprint density at radius 2 is 1.07 bits per heavy atom. The second-order valence-electron chi connectivity index (χ2n) is 16.9. The maximum absolute atomic E-state index is 15.5. The van der Waals surface area contributed by atoms with Crippen LogP contribution in [0.5, 0.6) is 23.0 Å². The van der Waals surface area contributed by atoms with Gasteiger partial charge in [0.05, 0.1) is 26.3 Å². The van der Waals surface area contributed by atoms with Gasteiger partial charge in [-0.25, -0.2) is 21.4 Å². The van der Waals surface area contributed by atoms with E-state index in [4.69, 9.17) is 13.9 Å². The van der Waals surface area contributed by atoms with Crippen LogP contribution in [-0.2, 0) is 20.2 Å². The summed E-state index contributed by atoms with van der Waals surface area (Å²) in [4.78, 5) is 29.8. The molecule has 0 saturated carbocycles. The zero-order valence-electron chi connectivity index (χ0n) is 40.7. The van der Waals surface area contributed by atoms with Gasteiger partial charge >= 0.3 is 118 Å². The van der Waals surface area contributed by atoms with E-state index in [-0.39, 0.29) is 180 Å². The Bertz CT molecular complexity index is 4010. The Morgan fingerprint density at radius 1 is 0.528 bits per heavy atom. The van der Waals surface area contributed by atoms with Crippen LogP contribution in [0.15, 0.2) is 163 Å². The first-order chi connectivity index (χ1) is 32.5. The van der Waals surface area contributed by atoms with Gasteiger partial charge in [0.1, 0.15) is 37.3 Å². The zero-order chi connectivity index (χ0) is 47.8. The Kier molecular flexibility index (Phi) is 18.2. The number of hydrogen-bond acceptors (Lipinski definition) is 11. The SMILES string of the molecule is CC(C)c1cccc(C(C)C)c1-n1c(=O)c2cc(Oc3ccc(S(=O)(=O)[O-])cc3-c3ccc(S(=O)(=O)[O-])cc3)c3oc4ccccc4c4c(Oc5cc[c-]cc5-c5cc[c-]cc5)cc(c1=O)c2c34.[Na+].[Na+].[Na+].[Na+]. The molecule has 0 amide bonds. The summed E-state index contributed by atoms with van der Waals surface area (Å²) in [5.74, 6) is 0.412. The van der Waals surface area contributed by atoms with Crippen LogP contribution in [0.3, 0.4) is 0 Å². The van der Waals surface area contributed by atoms with Crippen LogP contribution in [0.2, 0.25) is 0 Å². The fourth-order valence-electron chi connectivity index (χ4n) is 8.91. The Labute approximate surface area is 503 Å². The van der Waals surface area contributed by atoms with E-state index in [0.717, 1.165) is 41.0 Å². The van der Waals surface area contributed by atoms with Crippen molar-refractivity contribution in [2.45, 2.75) is 49.3 Å². The Hall–Kier alpha value is -3.62. The molecule has 18 heteroatoms. The average molecular weight is 1030 g/mol. The average Bonchev–Trinajstić information content (AvgIpc) is 3.32. The quantitative estimate of drug-likeness (QED) is 0.0532. The van der Waals surface area contributed by atoms with Gasteiger partial charge in [0, 0.05) is 32.9 Å². The van der Waals surface area contributed by atoms with Crippen molar-refractivity contribution in [3.63, 3.8) is 0 Å². The smallest absolute Gasteiger partial charge is 0.744 e. The van der Waals surface area contributed by atoms with Crippen molar-refractivity contribution in [2.24, 2.45) is 0 Å². The third kappa shape index (κ3) is 10.6. The monoisotopic (exact) mass is 1030 g/mol. The van der Waals surface area contributed by atoms with Crippen molar-refractivity contribution >= 4 is 63.7 Å². The molecule has 0 spiro atoms. The molecule has 12 nitrogen and oxygen atoms in total. The molecule has 10 aromatic rings. The maximum atomic E-state index is 15.5. The van der Waals surface area contributed by atoms with E-state index < -0.39 is 41.1 Å². The van der Waals surface area contributed by atoms with Crippen molar-refractivity contribution < 1.29 is 158 Å². The van der Waals surface area contributed by atoms with Crippen molar-refractivity contribution in [1.29, 1.82) is 0 Å². The maximum Gasteiger partial charge on any atom is 1.00 e. The fourth-order valence-corrected chi connectivity index (χ4v) is 9.88. The standard InChI is InChI=1S/C54H39NO11S2.4Na/c1-30(2)36-17-12-18-37(31(3)4)51(36)55-53(56)41-28-46(64-43-19-10-8-15-38(43)32-13-6-5-7-14-32)49-39-16-9-11-20-44(39)66-52-47(29-42(54(55)57)48(41)50(49)52)65-45-26-25-35(68(61,62)63)27-40(45)33-21-23-34(24-22-33)67(58,59)60;;;;/h6-7,9-31H,1-4H3,(H,58,59,60)(H,61,62,63);;;;/q-2;4*+1/p-2. The molecule has 0 unspecified atom stereocenters. The molecule has 0 aliphatic carbocycles. The predicted octanol–water partition coefficient (Wildman–Crippen LogP) is -0.569. The van der Waals surface area contributed by atoms with Crippen molar-refractivity contribution in [3.05, 3.63) is 183 Å². The molecule has 2 aromatic heterocycles. The summed E-state index contributed by atoms with van der Waals surface area (Å²) >= 11 is 0. The van der Waals surface area contributed by atoms with Gasteiger partial charge in [-0.1, -0.05) is 76.2 Å². The summed E-state index contributed by atoms with van der Waals surface area (Å²) in [5, 5.41) is 1.89. The second kappa shape index (κ2) is 22.7. The number of nitrogens with zero attached hydrogens (tertiary/aromatic N) is 1. The summed E-state index contributed by atoms with van der Waals surface area (Å²) in [7, 11) is -9.88. The van der Waals surface area contributed by atoms with Crippen LogP contribution >= 0.6 is 0 Å². The molecule has 0 bridgehead atoms. The predicted molar refractivity (Wildman–Crippen MR) is 257 cm³/mol. The first-order valence-corrected chi connectivity index (χ1v) is 24.3. The van der Waals surface area contributed by atoms with Crippen molar-refractivity contribution in [1.82, 2.24) is 4.57 Å². The first-order valence-electron chi connectivity index (χ1n) is 21.4. The molecule has 10 rings (SSSR count). The normalized spacial score (nSPS) is 11.6. The minimum absolute atomic E-state index is 0. The molecule has 8 aromatic carbocycles. The number of ether oxygens (including phenoxy) is 2. The molecule has 0 N–H and O–H groups in total. The summed E-state index contributed by atoms with van der Waals surface area (Å²) in [6.45, 7) is 7.95. The van der Waals surface area contributed by atoms with Crippen LogP contribution in [0.25, 0.3) is 71.4 Å². The summed E-state index contributed by atoms with van der Waals surface area (Å²) < 4.78 is 94.4. The molecule has 72 heavy (non-hydrogen) atoms. The first kappa shape index (κ1) is 57.7. The molecule has 0 saturated heterocycles. The fraction of sp³-hybridized carbons (Fsp3) is 0.111. The molecule has 0 radical (unpaired) electrons. The van der Waals surface area contributed by atoms with E-state index in [9.17, 15) is 25.9 Å². The topological polar surface area (TPSA) is 185 Å². The van der Waals surface area contributed by atoms with Crippen LogP contribution < -0.4 is 139 Å². The second-order valence-corrected chi connectivity index (χ2v) is 19.7. The van der Waals surface area contributed by atoms with E-state index in [1.165, 1.54) is 28.8 Å². The molecule has 0 aliphatic rings. The van der Waals surface area contributed by atoms with Gasteiger partial charge in [0.2, 0.25) is 0 Å². The molecular formula is C54H37NNa4O11S2. The van der Waals surface area contributed by atoms with Crippen LogP contribution in [0.4, 0.5) is 0 Å². The van der Waals surface area contributed by atoms with Gasteiger partial charge in [0.25, 0.3) is 11.1 Å². The van der Waals surface area contributed by atoms with E-state index in [1.807, 2.05) is 70.2 Å². The number of rotatable bonds is 11. The molecule has 2 heterocycles. The molecule has 0 aliphatic heterocycles. The molecule has 0 fully saturated rings. The van der Waals surface area contributed by atoms with E-state index >= 15 is 9.59 Å². The number of fused-ring (bicyclic) bond motifs is 2. The van der Waals surface area contributed by atoms with E-state index in [0.29, 0.717) is 38.7 Å². The number of hydrogen-bond donors (Lipinski definition) is 0. The third-order valence-electron chi connectivity index (χ3n) is 12.1. The Morgan fingerprint density at radius 3 is 1.68 bits per heavy atom. The third-order valence-corrected chi connectivity index (χ3v) is 13.8. The van der Waals surface area contributed by atoms with Gasteiger partial charge in [-0.2, -0.15) is 54.1 Å². The van der Waals surface area contributed by atoms with Gasteiger partial charge in [-0.05, 0) is 77.1 Å². The minimum Gasteiger partial charge on any atom is -0.744 e. The van der Waals surface area contributed by atoms with Crippen LogP contribution in [0, 0.1) is 12.1 Å². The van der Waals surface area contributed by atoms with E-state index in [1.54, 1.807) is 48.5 Å². The molecule has 0 atom stereocenters. The van der Waals surface area contributed by atoms with Gasteiger partial charge in [0.15, 0.2) is 11.3 Å². The molecular weight excluding hydrogens is 995 g/mol. The van der Waals surface area contributed by atoms with Crippen molar-refractivity contribution in [2.75, 3.05) is 0 Å². The number of pyridine rings is 1. The summed E-state index contributed by atoms with van der Waals surface area (Å²) in [5.41, 5.74) is 2.97. The summed E-state index contributed by atoms with van der Waals surface area (Å²) in [6.07, 6.45) is 0. The van der Waals surface area contributed by atoms with E-state index in [2.05, 4.69) is 12.1 Å². The van der Waals surface area contributed by atoms with Gasteiger partial charge in [-0.3, -0.25) is 9.59 Å². The Balaban J connectivity index is 0.00000212. The largest absolute Gasteiger partial charge is 1.00 e. The summed E-state index contributed by atoms with van der Waals surface area (Å²) in [6, 6.07) is 42.9. The molecule has 340 valence electrons. The zero-order valence-corrected chi connectivity index (χ0v) is 50.3.